The molecule has 0 saturated carbocycles. The molecule has 1 heterocycles. The van der Waals surface area contributed by atoms with Gasteiger partial charge in [-0.1, -0.05) is 48.0 Å². The Labute approximate surface area is 148 Å². The molecule has 0 atom stereocenters. The van der Waals surface area contributed by atoms with Crippen molar-refractivity contribution in [3.05, 3.63) is 89.6 Å². The number of anilines is 2. The predicted octanol–water partition coefficient (Wildman–Crippen LogP) is 4.28. The van der Waals surface area contributed by atoms with Crippen LogP contribution >= 0.6 is 0 Å². The van der Waals surface area contributed by atoms with Gasteiger partial charge in [-0.3, -0.25) is 4.79 Å². The molecule has 0 aliphatic carbocycles. The molecule has 4 heteroatoms. The normalized spacial score (nSPS) is 10.3. The topological polar surface area (TPSA) is 45.2 Å². The number of carbonyl (C=O) groups excluding carboxylic acids is 1. The molecule has 3 rings (SSSR count). The first kappa shape index (κ1) is 16.7. The van der Waals surface area contributed by atoms with E-state index in [0.29, 0.717) is 11.3 Å². The largest absolute Gasteiger partial charge is 0.355 e. The predicted molar refractivity (Wildman–Crippen MR) is 102 cm³/mol. The van der Waals surface area contributed by atoms with Crippen molar-refractivity contribution < 1.29 is 4.79 Å². The minimum atomic E-state index is -0.129. The van der Waals surface area contributed by atoms with E-state index in [1.165, 1.54) is 5.56 Å². The van der Waals surface area contributed by atoms with Crippen LogP contribution in [-0.2, 0) is 6.54 Å². The lowest BCUT2D eigenvalue weighted by Crippen LogP contribution is -2.18. The summed E-state index contributed by atoms with van der Waals surface area (Å²) in [6, 6.07) is 21.5. The van der Waals surface area contributed by atoms with Crippen LogP contribution in [0.2, 0.25) is 0 Å². The number of rotatable bonds is 5. The van der Waals surface area contributed by atoms with Gasteiger partial charge in [-0.25, -0.2) is 4.98 Å². The van der Waals surface area contributed by atoms with Crippen molar-refractivity contribution in [1.82, 2.24) is 4.98 Å². The highest BCUT2D eigenvalue weighted by molar-refractivity contribution is 6.04. The van der Waals surface area contributed by atoms with E-state index in [4.69, 9.17) is 0 Å². The number of hydrogen-bond acceptors (Lipinski definition) is 3. The summed E-state index contributed by atoms with van der Waals surface area (Å²) in [7, 11) is 2.00. The van der Waals surface area contributed by atoms with Crippen LogP contribution in [0.15, 0.2) is 72.9 Å². The number of carbonyl (C=O) groups is 1. The highest BCUT2D eigenvalue weighted by atomic mass is 16.1. The second kappa shape index (κ2) is 7.62. The molecule has 1 N–H and O–H groups in total. The van der Waals surface area contributed by atoms with E-state index in [2.05, 4.69) is 27.3 Å². The Balaban J connectivity index is 1.64. The number of aromatic nitrogens is 1. The third kappa shape index (κ3) is 4.44. The molecular formula is C21H21N3O. The highest BCUT2D eigenvalue weighted by Crippen LogP contribution is 2.16. The Hall–Kier alpha value is -3.14. The van der Waals surface area contributed by atoms with E-state index in [1.807, 2.05) is 62.5 Å². The van der Waals surface area contributed by atoms with Crippen LogP contribution in [0.1, 0.15) is 21.5 Å². The Kier molecular flexibility index (Phi) is 5.09. The molecule has 0 saturated heterocycles. The van der Waals surface area contributed by atoms with Crippen molar-refractivity contribution in [3.8, 4) is 0 Å². The Morgan fingerprint density at radius 2 is 1.84 bits per heavy atom. The van der Waals surface area contributed by atoms with Gasteiger partial charge in [0, 0.05) is 19.2 Å². The molecule has 0 aliphatic rings. The minimum Gasteiger partial charge on any atom is -0.355 e. The summed E-state index contributed by atoms with van der Waals surface area (Å²) in [6.07, 6.45) is 1.69. The standard InChI is InChI=1S/C21H21N3O/c1-16-7-6-10-18(13-16)21(25)23-19-11-12-20(22-14-19)24(2)15-17-8-4-3-5-9-17/h3-14H,15H2,1-2H3,(H,23,25). The lowest BCUT2D eigenvalue weighted by molar-refractivity contribution is 0.102. The summed E-state index contributed by atoms with van der Waals surface area (Å²) in [5, 5.41) is 2.88. The van der Waals surface area contributed by atoms with E-state index in [-0.39, 0.29) is 5.91 Å². The fraction of sp³-hybridized carbons (Fsp3) is 0.143. The van der Waals surface area contributed by atoms with Gasteiger partial charge in [0.15, 0.2) is 0 Å². The maximum absolute atomic E-state index is 12.3. The molecule has 0 unspecified atom stereocenters. The number of benzene rings is 2. The summed E-state index contributed by atoms with van der Waals surface area (Å²) in [5.41, 5.74) is 3.61. The summed E-state index contributed by atoms with van der Waals surface area (Å²) < 4.78 is 0. The zero-order valence-corrected chi connectivity index (χ0v) is 14.4. The summed E-state index contributed by atoms with van der Waals surface area (Å²) in [5.74, 6) is 0.730. The van der Waals surface area contributed by atoms with E-state index in [9.17, 15) is 4.79 Å². The molecule has 0 bridgehead atoms. The molecule has 0 spiro atoms. The third-order valence-corrected chi connectivity index (χ3v) is 3.94. The molecule has 1 amide bonds. The first-order valence-electron chi connectivity index (χ1n) is 8.21. The monoisotopic (exact) mass is 331 g/mol. The quantitative estimate of drug-likeness (QED) is 0.759. The second-order valence-electron chi connectivity index (χ2n) is 6.07. The molecule has 0 aliphatic heterocycles. The summed E-state index contributed by atoms with van der Waals surface area (Å²) >= 11 is 0. The number of aryl methyl sites for hydroxylation is 1. The first-order chi connectivity index (χ1) is 12.1. The molecule has 0 radical (unpaired) electrons. The molecule has 25 heavy (non-hydrogen) atoms. The van der Waals surface area contributed by atoms with Gasteiger partial charge in [-0.2, -0.15) is 0 Å². The van der Waals surface area contributed by atoms with Gasteiger partial charge in [0.1, 0.15) is 5.82 Å². The fourth-order valence-electron chi connectivity index (χ4n) is 2.61. The number of amides is 1. The maximum Gasteiger partial charge on any atom is 0.255 e. The average molecular weight is 331 g/mol. The van der Waals surface area contributed by atoms with Crippen molar-refractivity contribution in [2.75, 3.05) is 17.3 Å². The third-order valence-electron chi connectivity index (χ3n) is 3.94. The van der Waals surface area contributed by atoms with Crippen LogP contribution in [0.4, 0.5) is 11.5 Å². The second-order valence-corrected chi connectivity index (χ2v) is 6.07. The Morgan fingerprint density at radius 1 is 1.04 bits per heavy atom. The van der Waals surface area contributed by atoms with Crippen molar-refractivity contribution in [2.24, 2.45) is 0 Å². The van der Waals surface area contributed by atoms with Crippen LogP contribution in [0.25, 0.3) is 0 Å². The van der Waals surface area contributed by atoms with Crippen LogP contribution < -0.4 is 10.2 Å². The molecule has 4 nitrogen and oxygen atoms in total. The first-order valence-corrected chi connectivity index (χ1v) is 8.21. The van der Waals surface area contributed by atoms with Gasteiger partial charge < -0.3 is 10.2 Å². The van der Waals surface area contributed by atoms with Crippen molar-refractivity contribution in [3.63, 3.8) is 0 Å². The minimum absolute atomic E-state index is 0.129. The van der Waals surface area contributed by atoms with E-state index >= 15 is 0 Å². The maximum atomic E-state index is 12.3. The van der Waals surface area contributed by atoms with Crippen LogP contribution in [0.3, 0.4) is 0 Å². The van der Waals surface area contributed by atoms with Gasteiger partial charge in [-0.05, 0) is 36.8 Å². The Morgan fingerprint density at radius 3 is 2.52 bits per heavy atom. The summed E-state index contributed by atoms with van der Waals surface area (Å²) in [6.45, 7) is 2.75. The van der Waals surface area contributed by atoms with Crippen LogP contribution in [0.5, 0.6) is 0 Å². The van der Waals surface area contributed by atoms with Crippen LogP contribution in [-0.4, -0.2) is 17.9 Å². The lowest BCUT2D eigenvalue weighted by Gasteiger charge is -2.18. The van der Waals surface area contributed by atoms with Gasteiger partial charge in [-0.15, -0.1) is 0 Å². The zero-order chi connectivity index (χ0) is 17.6. The smallest absolute Gasteiger partial charge is 0.255 e. The number of nitrogens with one attached hydrogen (secondary N) is 1. The van der Waals surface area contributed by atoms with Gasteiger partial charge in [0.05, 0.1) is 11.9 Å². The van der Waals surface area contributed by atoms with Gasteiger partial charge in [0.2, 0.25) is 0 Å². The molecule has 1 aromatic heterocycles. The molecule has 0 fully saturated rings. The van der Waals surface area contributed by atoms with Gasteiger partial charge >= 0.3 is 0 Å². The average Bonchev–Trinajstić information content (AvgIpc) is 2.63. The molecular weight excluding hydrogens is 310 g/mol. The SMILES string of the molecule is Cc1cccc(C(=O)Nc2ccc(N(C)Cc3ccccc3)nc2)c1. The number of nitrogens with zero attached hydrogens (tertiary/aromatic N) is 2. The van der Waals surface area contributed by atoms with Gasteiger partial charge in [0.25, 0.3) is 5.91 Å². The molecule has 126 valence electrons. The van der Waals surface area contributed by atoms with Crippen molar-refractivity contribution >= 4 is 17.4 Å². The van der Waals surface area contributed by atoms with E-state index < -0.39 is 0 Å². The Bertz CT molecular complexity index is 845. The van der Waals surface area contributed by atoms with E-state index in [0.717, 1.165) is 17.9 Å². The van der Waals surface area contributed by atoms with Crippen molar-refractivity contribution in [1.29, 1.82) is 0 Å². The van der Waals surface area contributed by atoms with Crippen molar-refractivity contribution in [2.45, 2.75) is 13.5 Å². The fourth-order valence-corrected chi connectivity index (χ4v) is 2.61. The van der Waals surface area contributed by atoms with E-state index in [1.54, 1.807) is 12.3 Å². The molecule has 3 aromatic rings. The zero-order valence-electron chi connectivity index (χ0n) is 14.4. The number of pyridine rings is 1. The summed E-state index contributed by atoms with van der Waals surface area (Å²) in [4.78, 5) is 18.8. The highest BCUT2D eigenvalue weighted by Gasteiger charge is 2.08. The van der Waals surface area contributed by atoms with Crippen LogP contribution in [0, 0.1) is 6.92 Å². The molecule has 2 aromatic carbocycles. The lowest BCUT2D eigenvalue weighted by atomic mass is 10.1. The number of hydrogen-bond donors (Lipinski definition) is 1.